The lowest BCUT2D eigenvalue weighted by atomic mass is 10.00. The SMILES string of the molecule is CC(C)Cc1c(CNC2CC2)oc2c(Cl)cc(Cl)cc12. The van der Waals surface area contributed by atoms with Crippen molar-refractivity contribution in [2.45, 2.75) is 45.7 Å². The van der Waals surface area contributed by atoms with Crippen LogP contribution in [0.3, 0.4) is 0 Å². The summed E-state index contributed by atoms with van der Waals surface area (Å²) in [6.07, 6.45) is 3.52. The number of rotatable bonds is 5. The summed E-state index contributed by atoms with van der Waals surface area (Å²) in [5.74, 6) is 1.57. The Morgan fingerprint density at radius 2 is 2.05 bits per heavy atom. The van der Waals surface area contributed by atoms with E-state index in [0.29, 0.717) is 22.0 Å². The first-order chi connectivity index (χ1) is 9.54. The Labute approximate surface area is 129 Å². The molecule has 1 aromatic carbocycles. The van der Waals surface area contributed by atoms with Gasteiger partial charge in [0, 0.05) is 22.0 Å². The van der Waals surface area contributed by atoms with Gasteiger partial charge in [-0.05, 0) is 37.3 Å². The Kier molecular flexibility index (Phi) is 3.98. The predicted octanol–water partition coefficient (Wildman–Crippen LogP) is 5.19. The minimum absolute atomic E-state index is 0.563. The van der Waals surface area contributed by atoms with Crippen molar-refractivity contribution < 1.29 is 4.42 Å². The quantitative estimate of drug-likeness (QED) is 0.822. The van der Waals surface area contributed by atoms with Crippen molar-refractivity contribution in [1.82, 2.24) is 5.32 Å². The summed E-state index contributed by atoms with van der Waals surface area (Å²) >= 11 is 12.4. The van der Waals surface area contributed by atoms with Crippen LogP contribution in [-0.4, -0.2) is 6.04 Å². The van der Waals surface area contributed by atoms with Gasteiger partial charge in [0.25, 0.3) is 0 Å². The summed E-state index contributed by atoms with van der Waals surface area (Å²) in [6.45, 7) is 5.20. The molecule has 1 aromatic heterocycles. The van der Waals surface area contributed by atoms with Crippen LogP contribution in [-0.2, 0) is 13.0 Å². The van der Waals surface area contributed by atoms with Gasteiger partial charge in [-0.2, -0.15) is 0 Å². The Morgan fingerprint density at radius 3 is 2.70 bits per heavy atom. The van der Waals surface area contributed by atoms with Crippen LogP contribution < -0.4 is 5.32 Å². The molecule has 0 bridgehead atoms. The summed E-state index contributed by atoms with van der Waals surface area (Å²) < 4.78 is 6.01. The highest BCUT2D eigenvalue weighted by Crippen LogP contribution is 2.35. The molecule has 0 radical (unpaired) electrons. The van der Waals surface area contributed by atoms with Gasteiger partial charge in [0.2, 0.25) is 0 Å². The number of fused-ring (bicyclic) bond motifs is 1. The molecule has 3 rings (SSSR count). The molecule has 20 heavy (non-hydrogen) atoms. The summed E-state index contributed by atoms with van der Waals surface area (Å²) in [7, 11) is 0. The molecule has 1 aliphatic rings. The third kappa shape index (κ3) is 2.98. The third-order valence-electron chi connectivity index (χ3n) is 3.64. The Balaban J connectivity index is 2.03. The van der Waals surface area contributed by atoms with Gasteiger partial charge < -0.3 is 9.73 Å². The zero-order chi connectivity index (χ0) is 14.3. The molecule has 1 heterocycles. The minimum Gasteiger partial charge on any atom is -0.458 e. The topological polar surface area (TPSA) is 25.2 Å². The van der Waals surface area contributed by atoms with Gasteiger partial charge in [0.05, 0.1) is 11.6 Å². The van der Waals surface area contributed by atoms with Gasteiger partial charge in [0.1, 0.15) is 5.76 Å². The molecular weight excluding hydrogens is 293 g/mol. The molecule has 4 heteroatoms. The lowest BCUT2D eigenvalue weighted by molar-refractivity contribution is 0.500. The monoisotopic (exact) mass is 311 g/mol. The van der Waals surface area contributed by atoms with E-state index in [-0.39, 0.29) is 0 Å². The third-order valence-corrected chi connectivity index (χ3v) is 4.14. The molecule has 1 fully saturated rings. The number of hydrogen-bond acceptors (Lipinski definition) is 2. The summed E-state index contributed by atoms with van der Waals surface area (Å²) in [5, 5.41) is 5.83. The second kappa shape index (κ2) is 5.59. The largest absolute Gasteiger partial charge is 0.458 e. The molecule has 0 amide bonds. The average Bonchev–Trinajstić information content (AvgIpc) is 3.12. The van der Waals surface area contributed by atoms with E-state index in [1.54, 1.807) is 6.07 Å². The molecular formula is C16H19Cl2NO. The smallest absolute Gasteiger partial charge is 0.153 e. The van der Waals surface area contributed by atoms with Gasteiger partial charge in [0.15, 0.2) is 5.58 Å². The molecule has 1 aliphatic carbocycles. The summed E-state index contributed by atoms with van der Waals surface area (Å²) in [6, 6.07) is 4.37. The van der Waals surface area contributed by atoms with E-state index in [4.69, 9.17) is 27.6 Å². The molecule has 0 spiro atoms. The van der Waals surface area contributed by atoms with E-state index in [9.17, 15) is 0 Å². The molecule has 2 nitrogen and oxygen atoms in total. The zero-order valence-electron chi connectivity index (χ0n) is 11.8. The molecule has 0 saturated heterocycles. The van der Waals surface area contributed by atoms with E-state index >= 15 is 0 Å². The number of halogens is 2. The molecule has 1 saturated carbocycles. The maximum atomic E-state index is 6.26. The van der Waals surface area contributed by atoms with Crippen LogP contribution in [0.4, 0.5) is 0 Å². The van der Waals surface area contributed by atoms with Crippen molar-refractivity contribution in [3.8, 4) is 0 Å². The van der Waals surface area contributed by atoms with Gasteiger partial charge in [-0.25, -0.2) is 0 Å². The second-order valence-electron chi connectivity index (χ2n) is 6.02. The van der Waals surface area contributed by atoms with E-state index in [2.05, 4.69) is 19.2 Å². The highest BCUT2D eigenvalue weighted by Gasteiger charge is 2.23. The van der Waals surface area contributed by atoms with Crippen molar-refractivity contribution >= 4 is 34.2 Å². The van der Waals surface area contributed by atoms with E-state index < -0.39 is 0 Å². The summed E-state index contributed by atoms with van der Waals surface area (Å²) in [4.78, 5) is 0. The van der Waals surface area contributed by atoms with E-state index in [1.165, 1.54) is 18.4 Å². The van der Waals surface area contributed by atoms with Crippen molar-refractivity contribution in [2.75, 3.05) is 0 Å². The van der Waals surface area contributed by atoms with Crippen LogP contribution in [0.25, 0.3) is 11.0 Å². The fourth-order valence-corrected chi connectivity index (χ4v) is 3.05. The molecule has 1 N–H and O–H groups in total. The van der Waals surface area contributed by atoms with Crippen LogP contribution in [0.15, 0.2) is 16.5 Å². The highest BCUT2D eigenvalue weighted by molar-refractivity contribution is 6.38. The Hall–Kier alpha value is -0.700. The van der Waals surface area contributed by atoms with Gasteiger partial charge in [-0.3, -0.25) is 0 Å². The molecule has 0 aliphatic heterocycles. The minimum atomic E-state index is 0.563. The van der Waals surface area contributed by atoms with Gasteiger partial charge >= 0.3 is 0 Å². The standard InChI is InChI=1S/C16H19Cl2NO/c1-9(2)5-12-13-6-10(17)7-14(18)16(13)20-15(12)8-19-11-3-4-11/h6-7,9,11,19H,3-5,8H2,1-2H3. The molecule has 108 valence electrons. The number of hydrogen-bond donors (Lipinski definition) is 1. The van der Waals surface area contributed by atoms with E-state index in [0.717, 1.165) is 29.7 Å². The number of benzene rings is 1. The lowest BCUT2D eigenvalue weighted by Crippen LogP contribution is -2.16. The van der Waals surface area contributed by atoms with Crippen molar-refractivity contribution in [3.63, 3.8) is 0 Å². The zero-order valence-corrected chi connectivity index (χ0v) is 13.3. The lowest BCUT2D eigenvalue weighted by Gasteiger charge is -2.07. The van der Waals surface area contributed by atoms with Crippen LogP contribution >= 0.6 is 23.2 Å². The second-order valence-corrected chi connectivity index (χ2v) is 6.86. The molecule has 2 aromatic rings. The first kappa shape index (κ1) is 14.2. The van der Waals surface area contributed by atoms with Crippen LogP contribution in [0.5, 0.6) is 0 Å². The Morgan fingerprint density at radius 1 is 1.30 bits per heavy atom. The van der Waals surface area contributed by atoms with Crippen LogP contribution in [0.2, 0.25) is 10.0 Å². The Bertz CT molecular complexity index is 629. The van der Waals surface area contributed by atoms with Crippen molar-refractivity contribution in [3.05, 3.63) is 33.5 Å². The molecule has 0 atom stereocenters. The van der Waals surface area contributed by atoms with Gasteiger partial charge in [-0.1, -0.05) is 37.0 Å². The average molecular weight is 312 g/mol. The maximum Gasteiger partial charge on any atom is 0.153 e. The number of furan rings is 1. The first-order valence-corrected chi connectivity index (χ1v) is 7.93. The molecule has 0 unspecified atom stereocenters. The fraction of sp³-hybridized carbons (Fsp3) is 0.500. The first-order valence-electron chi connectivity index (χ1n) is 7.17. The van der Waals surface area contributed by atoms with E-state index in [1.807, 2.05) is 6.07 Å². The normalized spacial score (nSPS) is 15.4. The predicted molar refractivity (Wildman–Crippen MR) is 84.6 cm³/mol. The summed E-state index contributed by atoms with van der Waals surface area (Å²) in [5.41, 5.74) is 2.01. The fourth-order valence-electron chi connectivity index (χ4n) is 2.52. The van der Waals surface area contributed by atoms with Gasteiger partial charge in [-0.15, -0.1) is 0 Å². The number of nitrogens with one attached hydrogen (secondary N) is 1. The van der Waals surface area contributed by atoms with Crippen LogP contribution in [0, 0.1) is 5.92 Å². The van der Waals surface area contributed by atoms with Crippen molar-refractivity contribution in [2.24, 2.45) is 5.92 Å². The van der Waals surface area contributed by atoms with Crippen molar-refractivity contribution in [1.29, 1.82) is 0 Å². The highest BCUT2D eigenvalue weighted by atomic mass is 35.5. The van der Waals surface area contributed by atoms with Crippen LogP contribution in [0.1, 0.15) is 38.0 Å². The maximum absolute atomic E-state index is 6.26.